The lowest BCUT2D eigenvalue weighted by Gasteiger charge is -2.05. The van der Waals surface area contributed by atoms with E-state index in [1.165, 1.54) is 19.1 Å². The standard InChI is InChI=1S/C16H14F2/c1-4-7-12(8-5-2)13-10-15(17)14(9-6-3)16(18)11-13/h4-5,7-8,10-11H,1H2,2-3H3/b8-5-,12-7+. The van der Waals surface area contributed by atoms with E-state index in [0.29, 0.717) is 11.1 Å². The van der Waals surface area contributed by atoms with Crippen LogP contribution in [0.4, 0.5) is 8.78 Å². The van der Waals surface area contributed by atoms with Gasteiger partial charge in [-0.05, 0) is 37.1 Å². The summed E-state index contributed by atoms with van der Waals surface area (Å²) in [5.74, 6) is 3.60. The molecule has 0 aromatic heterocycles. The smallest absolute Gasteiger partial charge is 0.142 e. The molecule has 0 aliphatic carbocycles. The Morgan fingerprint density at radius 3 is 2.33 bits per heavy atom. The number of halogens is 2. The van der Waals surface area contributed by atoms with E-state index in [-0.39, 0.29) is 5.56 Å². The Kier molecular flexibility index (Phi) is 5.07. The minimum atomic E-state index is -0.654. The van der Waals surface area contributed by atoms with Gasteiger partial charge >= 0.3 is 0 Å². The van der Waals surface area contributed by atoms with E-state index in [9.17, 15) is 8.78 Å². The summed E-state index contributed by atoms with van der Waals surface area (Å²) in [6.07, 6.45) is 6.83. The van der Waals surface area contributed by atoms with Gasteiger partial charge in [0.15, 0.2) is 0 Å². The van der Waals surface area contributed by atoms with Crippen LogP contribution in [0.15, 0.2) is 43.0 Å². The molecule has 0 saturated heterocycles. The third-order valence-electron chi connectivity index (χ3n) is 2.27. The highest BCUT2D eigenvalue weighted by Crippen LogP contribution is 2.22. The molecule has 1 rings (SSSR count). The molecule has 0 fully saturated rings. The molecule has 18 heavy (non-hydrogen) atoms. The summed E-state index contributed by atoms with van der Waals surface area (Å²) in [7, 11) is 0. The molecule has 92 valence electrons. The molecule has 0 aliphatic heterocycles. The van der Waals surface area contributed by atoms with Gasteiger partial charge in [0.2, 0.25) is 0 Å². The van der Waals surface area contributed by atoms with Crippen LogP contribution in [0.3, 0.4) is 0 Å². The molecule has 0 atom stereocenters. The first-order valence-electron chi connectivity index (χ1n) is 5.51. The normalized spacial score (nSPS) is 11.2. The molecule has 0 nitrogen and oxygen atoms in total. The van der Waals surface area contributed by atoms with E-state index < -0.39 is 11.6 Å². The quantitative estimate of drug-likeness (QED) is 0.543. The van der Waals surface area contributed by atoms with Gasteiger partial charge in [0.1, 0.15) is 11.6 Å². The number of allylic oxidation sites excluding steroid dienone is 5. The van der Waals surface area contributed by atoms with Crippen LogP contribution < -0.4 is 0 Å². The van der Waals surface area contributed by atoms with Crippen LogP contribution in [0.5, 0.6) is 0 Å². The highest BCUT2D eigenvalue weighted by atomic mass is 19.1. The highest BCUT2D eigenvalue weighted by molar-refractivity contribution is 5.75. The lowest BCUT2D eigenvalue weighted by Crippen LogP contribution is -1.94. The molecular weight excluding hydrogens is 230 g/mol. The van der Waals surface area contributed by atoms with Gasteiger partial charge in [-0.15, -0.1) is 5.92 Å². The molecule has 0 bridgehead atoms. The Bertz CT molecular complexity index is 543. The fraction of sp³-hybridized carbons (Fsp3) is 0.125. The first kappa shape index (κ1) is 13.9. The van der Waals surface area contributed by atoms with Crippen molar-refractivity contribution in [3.63, 3.8) is 0 Å². The molecular formula is C16H14F2. The molecule has 0 N–H and O–H groups in total. The third-order valence-corrected chi connectivity index (χ3v) is 2.27. The first-order chi connectivity index (χ1) is 8.63. The molecule has 1 aromatic rings. The van der Waals surface area contributed by atoms with Crippen LogP contribution in [0.1, 0.15) is 25.0 Å². The molecule has 0 spiro atoms. The Labute approximate surface area is 106 Å². The zero-order valence-electron chi connectivity index (χ0n) is 10.4. The van der Waals surface area contributed by atoms with Crippen LogP contribution >= 0.6 is 0 Å². The summed E-state index contributed by atoms with van der Waals surface area (Å²) >= 11 is 0. The second-order valence-electron chi connectivity index (χ2n) is 3.55. The predicted molar refractivity (Wildman–Crippen MR) is 71.9 cm³/mol. The Balaban J connectivity index is 3.39. The fourth-order valence-electron chi connectivity index (χ4n) is 1.54. The van der Waals surface area contributed by atoms with Gasteiger partial charge in [-0.1, -0.05) is 36.8 Å². The van der Waals surface area contributed by atoms with E-state index in [2.05, 4.69) is 18.4 Å². The van der Waals surface area contributed by atoms with E-state index in [1.807, 2.05) is 6.92 Å². The average Bonchev–Trinajstić information content (AvgIpc) is 2.33. The van der Waals surface area contributed by atoms with Crippen LogP contribution in [0.25, 0.3) is 5.57 Å². The van der Waals surface area contributed by atoms with Crippen LogP contribution in [-0.4, -0.2) is 0 Å². The van der Waals surface area contributed by atoms with Crippen molar-refractivity contribution in [2.75, 3.05) is 0 Å². The molecule has 0 amide bonds. The molecule has 0 heterocycles. The van der Waals surface area contributed by atoms with Crippen molar-refractivity contribution in [2.45, 2.75) is 13.8 Å². The topological polar surface area (TPSA) is 0 Å². The summed E-state index contributed by atoms with van der Waals surface area (Å²) in [6.45, 7) is 6.95. The molecule has 2 heteroatoms. The van der Waals surface area contributed by atoms with E-state index >= 15 is 0 Å². The summed E-state index contributed by atoms with van der Waals surface area (Å²) in [5, 5.41) is 0. The van der Waals surface area contributed by atoms with E-state index in [1.54, 1.807) is 24.3 Å². The number of rotatable bonds is 3. The fourth-order valence-corrected chi connectivity index (χ4v) is 1.54. The van der Waals surface area contributed by atoms with Gasteiger partial charge < -0.3 is 0 Å². The second kappa shape index (κ2) is 6.56. The summed E-state index contributed by atoms with van der Waals surface area (Å²) in [5.41, 5.74) is 0.964. The molecule has 0 unspecified atom stereocenters. The Morgan fingerprint density at radius 1 is 1.28 bits per heavy atom. The highest BCUT2D eigenvalue weighted by Gasteiger charge is 2.10. The maximum atomic E-state index is 13.7. The first-order valence-corrected chi connectivity index (χ1v) is 5.51. The largest absolute Gasteiger partial charge is 0.205 e. The van der Waals surface area contributed by atoms with Crippen molar-refractivity contribution in [1.29, 1.82) is 0 Å². The Morgan fingerprint density at radius 2 is 1.89 bits per heavy atom. The second-order valence-corrected chi connectivity index (χ2v) is 3.55. The van der Waals surface area contributed by atoms with E-state index in [4.69, 9.17) is 0 Å². The van der Waals surface area contributed by atoms with Gasteiger partial charge in [-0.2, -0.15) is 0 Å². The average molecular weight is 244 g/mol. The maximum Gasteiger partial charge on any atom is 0.142 e. The molecule has 1 aromatic carbocycles. The van der Waals surface area contributed by atoms with E-state index in [0.717, 1.165) is 0 Å². The van der Waals surface area contributed by atoms with Crippen LogP contribution in [0, 0.1) is 23.5 Å². The zero-order valence-corrected chi connectivity index (χ0v) is 10.4. The number of hydrogen-bond donors (Lipinski definition) is 0. The van der Waals surface area contributed by atoms with Gasteiger partial charge in [0, 0.05) is 0 Å². The van der Waals surface area contributed by atoms with Gasteiger partial charge in [0.25, 0.3) is 0 Å². The third kappa shape index (κ3) is 3.18. The Hall–Kier alpha value is -2.14. The van der Waals surface area contributed by atoms with Gasteiger partial charge in [-0.3, -0.25) is 0 Å². The van der Waals surface area contributed by atoms with Crippen molar-refractivity contribution in [3.05, 3.63) is 65.8 Å². The van der Waals surface area contributed by atoms with Crippen molar-refractivity contribution in [3.8, 4) is 11.8 Å². The predicted octanol–water partition coefficient (Wildman–Crippen LogP) is 4.48. The summed E-state index contributed by atoms with van der Waals surface area (Å²) in [6, 6.07) is 2.55. The van der Waals surface area contributed by atoms with Crippen molar-refractivity contribution in [1.82, 2.24) is 0 Å². The molecule has 0 aliphatic rings. The number of benzene rings is 1. The lowest BCUT2D eigenvalue weighted by atomic mass is 10.0. The maximum absolute atomic E-state index is 13.7. The minimum Gasteiger partial charge on any atom is -0.205 e. The van der Waals surface area contributed by atoms with Crippen molar-refractivity contribution in [2.24, 2.45) is 0 Å². The number of hydrogen-bond acceptors (Lipinski definition) is 0. The molecule has 0 radical (unpaired) electrons. The summed E-state index contributed by atoms with van der Waals surface area (Å²) in [4.78, 5) is 0. The summed E-state index contributed by atoms with van der Waals surface area (Å²) < 4.78 is 27.4. The SMILES string of the molecule is C=C/C=C(\C=C/C)c1cc(F)c(C#CC)c(F)c1. The van der Waals surface area contributed by atoms with Crippen molar-refractivity contribution < 1.29 is 8.78 Å². The zero-order chi connectivity index (χ0) is 13.5. The lowest BCUT2D eigenvalue weighted by molar-refractivity contribution is 0.577. The van der Waals surface area contributed by atoms with Gasteiger partial charge in [0.05, 0.1) is 5.56 Å². The van der Waals surface area contributed by atoms with Crippen LogP contribution in [0.2, 0.25) is 0 Å². The van der Waals surface area contributed by atoms with Crippen molar-refractivity contribution >= 4 is 5.57 Å². The van der Waals surface area contributed by atoms with Crippen LogP contribution in [-0.2, 0) is 0 Å². The van der Waals surface area contributed by atoms with Gasteiger partial charge in [-0.25, -0.2) is 8.78 Å². The molecule has 0 saturated carbocycles. The monoisotopic (exact) mass is 244 g/mol. The minimum absolute atomic E-state index is 0.195.